The predicted octanol–water partition coefficient (Wildman–Crippen LogP) is 2.82. The summed E-state index contributed by atoms with van der Waals surface area (Å²) in [5.41, 5.74) is 1.93. The lowest BCUT2D eigenvalue weighted by Crippen LogP contribution is -2.53. The van der Waals surface area contributed by atoms with E-state index in [4.69, 9.17) is 23.7 Å². The summed E-state index contributed by atoms with van der Waals surface area (Å²) in [6.07, 6.45) is -0.177. The van der Waals surface area contributed by atoms with Crippen LogP contribution in [0.4, 0.5) is 0 Å². The van der Waals surface area contributed by atoms with E-state index in [0.29, 0.717) is 13.0 Å². The third-order valence-electron chi connectivity index (χ3n) is 4.19. The third-order valence-corrected chi connectivity index (χ3v) is 4.19. The van der Waals surface area contributed by atoms with Gasteiger partial charge in [0, 0.05) is 19.1 Å². The van der Waals surface area contributed by atoms with E-state index in [-0.39, 0.29) is 12.2 Å². The monoisotopic (exact) mass is 306 g/mol. The van der Waals surface area contributed by atoms with E-state index in [1.54, 1.807) is 14.2 Å². The Kier molecular flexibility index (Phi) is 4.23. The summed E-state index contributed by atoms with van der Waals surface area (Å²) in [6.45, 7) is 6.49. The van der Waals surface area contributed by atoms with Crippen LogP contribution >= 0.6 is 0 Å². The minimum Gasteiger partial charge on any atom is -0.497 e. The summed E-state index contributed by atoms with van der Waals surface area (Å²) in [4.78, 5) is 0. The number of fused-ring (bicyclic) bond motifs is 1. The number of rotatable bonds is 3. The van der Waals surface area contributed by atoms with Crippen LogP contribution in [0.1, 0.15) is 25.2 Å². The Bertz CT molecular complexity index is 540. The number of ether oxygens (including phenoxy) is 5. The zero-order valence-corrected chi connectivity index (χ0v) is 13.2. The highest BCUT2D eigenvalue weighted by Crippen LogP contribution is 2.39. The van der Waals surface area contributed by atoms with Crippen molar-refractivity contribution in [2.75, 3.05) is 20.8 Å². The zero-order valence-electron chi connectivity index (χ0n) is 13.2. The molecule has 22 heavy (non-hydrogen) atoms. The molecule has 0 aromatic heterocycles. The van der Waals surface area contributed by atoms with Gasteiger partial charge in [-0.3, -0.25) is 0 Å². The van der Waals surface area contributed by atoms with E-state index in [2.05, 4.69) is 6.58 Å². The molecule has 0 N–H and O–H groups in total. The van der Waals surface area contributed by atoms with Crippen LogP contribution in [0.15, 0.2) is 36.4 Å². The first kappa shape index (κ1) is 15.5. The van der Waals surface area contributed by atoms with Gasteiger partial charge in [-0.2, -0.15) is 0 Å². The predicted molar refractivity (Wildman–Crippen MR) is 80.6 cm³/mol. The van der Waals surface area contributed by atoms with Crippen LogP contribution in [0.25, 0.3) is 0 Å². The van der Waals surface area contributed by atoms with Crippen LogP contribution in [-0.2, 0) is 18.9 Å². The second-order valence-electron chi connectivity index (χ2n) is 5.82. The molecule has 120 valence electrons. The Morgan fingerprint density at radius 3 is 2.59 bits per heavy atom. The summed E-state index contributed by atoms with van der Waals surface area (Å²) < 4.78 is 28.4. The molecule has 3 rings (SSSR count). The van der Waals surface area contributed by atoms with Gasteiger partial charge < -0.3 is 23.7 Å². The maximum Gasteiger partial charge on any atom is 0.184 e. The second kappa shape index (κ2) is 6.01. The molecule has 0 aliphatic carbocycles. The fourth-order valence-corrected chi connectivity index (χ4v) is 2.92. The number of hydrogen-bond acceptors (Lipinski definition) is 5. The average molecular weight is 306 g/mol. The molecule has 1 aromatic rings. The third kappa shape index (κ3) is 2.90. The normalized spacial score (nSPS) is 35.0. The number of hydrogen-bond donors (Lipinski definition) is 0. The fraction of sp³-hybridized carbons (Fsp3) is 0.529. The summed E-state index contributed by atoms with van der Waals surface area (Å²) in [5.74, 6) is 0.150. The molecule has 2 fully saturated rings. The molecule has 0 spiro atoms. The lowest BCUT2D eigenvalue weighted by Gasteiger charge is -2.46. The molecule has 0 bridgehead atoms. The van der Waals surface area contributed by atoms with Gasteiger partial charge in [0.1, 0.15) is 18.0 Å². The van der Waals surface area contributed by atoms with Gasteiger partial charge in [0.15, 0.2) is 12.1 Å². The van der Waals surface area contributed by atoms with Gasteiger partial charge in [-0.05, 0) is 24.6 Å². The first-order chi connectivity index (χ1) is 10.5. The van der Waals surface area contributed by atoms with Gasteiger partial charge in [0.2, 0.25) is 0 Å². The molecular weight excluding hydrogens is 284 g/mol. The van der Waals surface area contributed by atoms with E-state index < -0.39 is 12.1 Å². The van der Waals surface area contributed by atoms with Crippen molar-refractivity contribution in [3.05, 3.63) is 42.0 Å². The average Bonchev–Trinajstić information content (AvgIpc) is 2.55. The zero-order chi connectivity index (χ0) is 15.7. The van der Waals surface area contributed by atoms with Gasteiger partial charge in [0.25, 0.3) is 0 Å². The fourth-order valence-electron chi connectivity index (χ4n) is 2.92. The Labute approximate surface area is 130 Å². The number of benzene rings is 1. The van der Waals surface area contributed by atoms with E-state index >= 15 is 0 Å². The van der Waals surface area contributed by atoms with Crippen LogP contribution in [-0.4, -0.2) is 38.8 Å². The topological polar surface area (TPSA) is 46.2 Å². The maximum absolute atomic E-state index is 6.06. The molecule has 2 aliphatic rings. The van der Waals surface area contributed by atoms with Gasteiger partial charge in [0.05, 0.1) is 13.7 Å². The molecule has 2 aliphatic heterocycles. The van der Waals surface area contributed by atoms with Crippen LogP contribution < -0.4 is 4.74 Å². The lowest BCUT2D eigenvalue weighted by atomic mass is 9.94. The summed E-state index contributed by atoms with van der Waals surface area (Å²) in [7, 11) is 3.28. The van der Waals surface area contributed by atoms with Crippen molar-refractivity contribution >= 4 is 0 Å². The number of methoxy groups -OCH3 is 2. The minimum atomic E-state index is -0.655. The van der Waals surface area contributed by atoms with Gasteiger partial charge in [-0.15, -0.1) is 0 Å². The molecule has 0 radical (unpaired) electrons. The van der Waals surface area contributed by atoms with Crippen molar-refractivity contribution in [2.45, 2.75) is 37.6 Å². The molecule has 0 unspecified atom stereocenters. The Morgan fingerprint density at radius 1 is 1.23 bits per heavy atom. The lowest BCUT2D eigenvalue weighted by molar-refractivity contribution is -0.329. The Hall–Kier alpha value is -1.40. The van der Waals surface area contributed by atoms with Crippen molar-refractivity contribution in [1.29, 1.82) is 0 Å². The SMILES string of the molecule is C=C1C[C@@](C)(OC)O[C@@H]2CO[C@@H](c3ccc(OC)cc3)O[C@@H]12. The first-order valence-corrected chi connectivity index (χ1v) is 7.36. The molecule has 2 saturated heterocycles. The summed E-state index contributed by atoms with van der Waals surface area (Å²) in [6, 6.07) is 7.66. The smallest absolute Gasteiger partial charge is 0.184 e. The highest BCUT2D eigenvalue weighted by molar-refractivity contribution is 5.28. The molecule has 0 saturated carbocycles. The van der Waals surface area contributed by atoms with Crippen molar-refractivity contribution in [2.24, 2.45) is 0 Å². The molecule has 2 heterocycles. The molecule has 5 nitrogen and oxygen atoms in total. The van der Waals surface area contributed by atoms with Gasteiger partial charge in [-0.1, -0.05) is 18.7 Å². The van der Waals surface area contributed by atoms with Gasteiger partial charge in [-0.25, -0.2) is 0 Å². The molecule has 0 amide bonds. The van der Waals surface area contributed by atoms with Crippen molar-refractivity contribution in [1.82, 2.24) is 0 Å². The standard InChI is InChI=1S/C17H22O5/c1-11-9-17(2,19-4)22-14-10-20-16(21-15(11)14)12-5-7-13(18-3)8-6-12/h5-8,14-16H,1,9-10H2,2-4H3/t14-,15+,16-,17+/m1/s1. The quantitative estimate of drug-likeness (QED) is 0.804. The summed E-state index contributed by atoms with van der Waals surface area (Å²) in [5, 5.41) is 0. The molecule has 4 atom stereocenters. The molecular formula is C17H22O5. The van der Waals surface area contributed by atoms with E-state index in [9.17, 15) is 0 Å². The minimum absolute atomic E-state index is 0.177. The largest absolute Gasteiger partial charge is 0.497 e. The Balaban J connectivity index is 1.72. The van der Waals surface area contributed by atoms with E-state index in [1.165, 1.54) is 0 Å². The highest BCUT2D eigenvalue weighted by atomic mass is 16.7. The first-order valence-electron chi connectivity index (χ1n) is 7.36. The van der Waals surface area contributed by atoms with E-state index in [0.717, 1.165) is 16.9 Å². The van der Waals surface area contributed by atoms with E-state index in [1.807, 2.05) is 31.2 Å². The molecule has 1 aromatic carbocycles. The Morgan fingerprint density at radius 2 is 1.95 bits per heavy atom. The van der Waals surface area contributed by atoms with Crippen molar-refractivity contribution in [3.8, 4) is 5.75 Å². The van der Waals surface area contributed by atoms with Crippen molar-refractivity contribution < 1.29 is 23.7 Å². The highest BCUT2D eigenvalue weighted by Gasteiger charge is 2.45. The maximum atomic E-state index is 6.06. The van der Waals surface area contributed by atoms with Crippen LogP contribution in [0, 0.1) is 0 Å². The molecule has 5 heteroatoms. The van der Waals surface area contributed by atoms with Crippen LogP contribution in [0.5, 0.6) is 5.75 Å². The second-order valence-corrected chi connectivity index (χ2v) is 5.82. The van der Waals surface area contributed by atoms with Crippen LogP contribution in [0.3, 0.4) is 0 Å². The van der Waals surface area contributed by atoms with Crippen LogP contribution in [0.2, 0.25) is 0 Å². The van der Waals surface area contributed by atoms with Crippen molar-refractivity contribution in [3.63, 3.8) is 0 Å². The van der Waals surface area contributed by atoms with Gasteiger partial charge >= 0.3 is 0 Å². The summed E-state index contributed by atoms with van der Waals surface area (Å²) >= 11 is 0.